The quantitative estimate of drug-likeness (QED) is 0.707. The molecule has 1 aliphatic rings. The maximum atomic E-state index is 13.5. The molecule has 152 valence electrons. The Morgan fingerprint density at radius 3 is 2.52 bits per heavy atom. The maximum absolute atomic E-state index is 13.5. The highest BCUT2D eigenvalue weighted by Gasteiger charge is 2.43. The van der Waals surface area contributed by atoms with Gasteiger partial charge in [0, 0.05) is 11.8 Å². The number of nitrogens with one attached hydrogen (secondary N) is 2. The Bertz CT molecular complexity index is 966. The van der Waals surface area contributed by atoms with Gasteiger partial charge < -0.3 is 24.8 Å². The lowest BCUT2D eigenvalue weighted by Gasteiger charge is -2.08. The summed E-state index contributed by atoms with van der Waals surface area (Å²) in [5.41, 5.74) is -0.134. The fourth-order valence-corrected chi connectivity index (χ4v) is 2.31. The van der Waals surface area contributed by atoms with E-state index < -0.39 is 43.0 Å². The predicted molar refractivity (Wildman–Crippen MR) is 91.0 cm³/mol. The SMILES string of the molecule is O=C(COC(=O)CNC(=O)c1ccccc1F)Nc1ccc2c(c1)OC(F)(F)O2. The first-order chi connectivity index (χ1) is 13.7. The highest BCUT2D eigenvalue weighted by Crippen LogP contribution is 2.42. The summed E-state index contributed by atoms with van der Waals surface area (Å²) in [6, 6.07) is 8.78. The number of hydrogen-bond acceptors (Lipinski definition) is 6. The average molecular weight is 410 g/mol. The zero-order valence-corrected chi connectivity index (χ0v) is 14.5. The number of anilines is 1. The number of alkyl halides is 2. The lowest BCUT2D eigenvalue weighted by molar-refractivity contribution is -0.286. The van der Waals surface area contributed by atoms with Crippen molar-refractivity contribution in [1.82, 2.24) is 5.32 Å². The van der Waals surface area contributed by atoms with Crippen LogP contribution in [0.25, 0.3) is 0 Å². The number of ether oxygens (including phenoxy) is 3. The molecule has 0 bridgehead atoms. The van der Waals surface area contributed by atoms with Gasteiger partial charge in [-0.2, -0.15) is 0 Å². The van der Waals surface area contributed by atoms with Crippen LogP contribution in [0.15, 0.2) is 42.5 Å². The third kappa shape index (κ3) is 5.15. The summed E-state index contributed by atoms with van der Waals surface area (Å²) in [6.07, 6.45) is -3.78. The van der Waals surface area contributed by atoms with Gasteiger partial charge in [-0.15, -0.1) is 8.78 Å². The van der Waals surface area contributed by atoms with Gasteiger partial charge in [-0.1, -0.05) is 12.1 Å². The molecule has 2 aromatic rings. The van der Waals surface area contributed by atoms with Crippen LogP contribution in [-0.2, 0) is 14.3 Å². The molecule has 0 fully saturated rings. The van der Waals surface area contributed by atoms with Crippen molar-refractivity contribution in [1.29, 1.82) is 0 Å². The Hall–Kier alpha value is -3.76. The third-order valence-electron chi connectivity index (χ3n) is 3.56. The van der Waals surface area contributed by atoms with Crippen LogP contribution >= 0.6 is 0 Å². The number of fused-ring (bicyclic) bond motifs is 1. The monoisotopic (exact) mass is 410 g/mol. The van der Waals surface area contributed by atoms with Crippen LogP contribution in [0.2, 0.25) is 0 Å². The maximum Gasteiger partial charge on any atom is 0.586 e. The number of carbonyl (C=O) groups is 3. The van der Waals surface area contributed by atoms with Crippen LogP contribution in [0, 0.1) is 5.82 Å². The van der Waals surface area contributed by atoms with Crippen molar-refractivity contribution in [2.75, 3.05) is 18.5 Å². The molecule has 0 aliphatic carbocycles. The normalized spacial score (nSPS) is 13.5. The molecule has 11 heteroatoms. The third-order valence-corrected chi connectivity index (χ3v) is 3.56. The molecular formula is C18H13F3N2O6. The zero-order valence-electron chi connectivity index (χ0n) is 14.5. The Kier molecular flexibility index (Phi) is 5.57. The molecular weight excluding hydrogens is 397 g/mol. The first-order valence-corrected chi connectivity index (χ1v) is 8.11. The Morgan fingerprint density at radius 2 is 1.76 bits per heavy atom. The minimum atomic E-state index is -3.78. The lowest BCUT2D eigenvalue weighted by Crippen LogP contribution is -2.32. The fraction of sp³-hybridized carbons (Fsp3) is 0.167. The molecule has 0 unspecified atom stereocenters. The number of hydrogen-bond donors (Lipinski definition) is 2. The summed E-state index contributed by atoms with van der Waals surface area (Å²) in [6.45, 7) is -1.28. The minimum Gasteiger partial charge on any atom is -0.454 e. The standard InChI is InChI=1S/C18H13F3N2O6/c19-12-4-2-1-3-11(12)17(26)22-8-16(25)27-9-15(24)23-10-5-6-13-14(7-10)29-18(20,21)28-13/h1-7H,8-9H2,(H,22,26)(H,23,24). The number of benzene rings is 2. The second kappa shape index (κ2) is 8.09. The second-order valence-corrected chi connectivity index (χ2v) is 5.70. The average Bonchev–Trinajstić information content (AvgIpc) is 2.98. The van der Waals surface area contributed by atoms with Crippen molar-refractivity contribution in [3.8, 4) is 11.5 Å². The van der Waals surface area contributed by atoms with Crippen molar-refractivity contribution in [3.63, 3.8) is 0 Å². The minimum absolute atomic E-state index is 0.110. The molecule has 2 amide bonds. The topological polar surface area (TPSA) is 103 Å². The lowest BCUT2D eigenvalue weighted by atomic mass is 10.2. The van der Waals surface area contributed by atoms with Crippen molar-refractivity contribution < 1.29 is 41.8 Å². The van der Waals surface area contributed by atoms with Crippen LogP contribution in [0.4, 0.5) is 18.9 Å². The van der Waals surface area contributed by atoms with E-state index in [-0.39, 0.29) is 22.7 Å². The molecule has 0 spiro atoms. The van der Waals surface area contributed by atoms with Crippen LogP contribution in [0.1, 0.15) is 10.4 Å². The van der Waals surface area contributed by atoms with Crippen molar-refractivity contribution in [2.45, 2.75) is 6.29 Å². The van der Waals surface area contributed by atoms with Crippen LogP contribution in [0.3, 0.4) is 0 Å². The van der Waals surface area contributed by atoms with Crippen molar-refractivity contribution in [3.05, 3.63) is 53.8 Å². The first-order valence-electron chi connectivity index (χ1n) is 8.11. The molecule has 8 nitrogen and oxygen atoms in total. The van der Waals surface area contributed by atoms with Crippen molar-refractivity contribution in [2.24, 2.45) is 0 Å². The smallest absolute Gasteiger partial charge is 0.454 e. The molecule has 0 aromatic heterocycles. The van der Waals surface area contributed by atoms with E-state index in [4.69, 9.17) is 0 Å². The Labute approximate surface area is 161 Å². The number of halogens is 3. The van der Waals surface area contributed by atoms with E-state index in [9.17, 15) is 27.6 Å². The van der Waals surface area contributed by atoms with E-state index >= 15 is 0 Å². The van der Waals surface area contributed by atoms with E-state index in [0.29, 0.717) is 0 Å². The summed E-state index contributed by atoms with van der Waals surface area (Å²) in [7, 11) is 0. The van der Waals surface area contributed by atoms with Gasteiger partial charge in [0.25, 0.3) is 11.8 Å². The molecule has 3 rings (SSSR count). The summed E-state index contributed by atoms with van der Waals surface area (Å²) in [5, 5.41) is 4.48. The Morgan fingerprint density at radius 1 is 1.03 bits per heavy atom. The van der Waals surface area contributed by atoms with Crippen LogP contribution in [0.5, 0.6) is 11.5 Å². The summed E-state index contributed by atoms with van der Waals surface area (Å²) >= 11 is 0. The summed E-state index contributed by atoms with van der Waals surface area (Å²) in [5.74, 6) is -3.72. The van der Waals surface area contributed by atoms with Gasteiger partial charge in [-0.05, 0) is 24.3 Å². The molecule has 1 aliphatic heterocycles. The molecule has 0 radical (unpaired) electrons. The first kappa shape index (κ1) is 20.0. The van der Waals surface area contributed by atoms with Gasteiger partial charge >= 0.3 is 12.3 Å². The number of carbonyl (C=O) groups excluding carboxylic acids is 3. The van der Waals surface area contributed by atoms with Gasteiger partial charge in [-0.25, -0.2) is 4.39 Å². The molecule has 0 atom stereocenters. The van der Waals surface area contributed by atoms with Gasteiger partial charge in [0.15, 0.2) is 18.1 Å². The molecule has 0 saturated carbocycles. The largest absolute Gasteiger partial charge is 0.586 e. The van der Waals surface area contributed by atoms with E-state index in [2.05, 4.69) is 24.8 Å². The molecule has 2 aromatic carbocycles. The van der Waals surface area contributed by atoms with Crippen LogP contribution < -0.4 is 20.1 Å². The van der Waals surface area contributed by atoms with E-state index in [1.165, 1.54) is 30.3 Å². The number of rotatable bonds is 6. The fourth-order valence-electron chi connectivity index (χ4n) is 2.31. The van der Waals surface area contributed by atoms with E-state index in [0.717, 1.165) is 12.1 Å². The van der Waals surface area contributed by atoms with Gasteiger partial charge in [0.1, 0.15) is 12.4 Å². The summed E-state index contributed by atoms with van der Waals surface area (Å²) < 4.78 is 52.5. The van der Waals surface area contributed by atoms with Crippen molar-refractivity contribution >= 4 is 23.5 Å². The van der Waals surface area contributed by atoms with E-state index in [1.807, 2.05) is 0 Å². The highest BCUT2D eigenvalue weighted by molar-refractivity contribution is 5.96. The zero-order chi connectivity index (χ0) is 21.0. The number of amides is 2. The predicted octanol–water partition coefficient (Wildman–Crippen LogP) is 2.06. The molecule has 0 saturated heterocycles. The van der Waals surface area contributed by atoms with Gasteiger partial charge in [0.2, 0.25) is 0 Å². The molecule has 1 heterocycles. The van der Waals surface area contributed by atoms with E-state index in [1.54, 1.807) is 0 Å². The summed E-state index contributed by atoms with van der Waals surface area (Å²) in [4.78, 5) is 35.2. The number of esters is 1. The molecule has 2 N–H and O–H groups in total. The van der Waals surface area contributed by atoms with Gasteiger partial charge in [-0.3, -0.25) is 14.4 Å². The molecule has 29 heavy (non-hydrogen) atoms. The second-order valence-electron chi connectivity index (χ2n) is 5.70. The van der Waals surface area contributed by atoms with Crippen LogP contribution in [-0.4, -0.2) is 37.2 Å². The highest BCUT2D eigenvalue weighted by atomic mass is 19.3. The van der Waals surface area contributed by atoms with Gasteiger partial charge in [0.05, 0.1) is 5.56 Å². The Balaban J connectivity index is 1.43.